The number of aliphatic imine (C=N–C) groups is 1. The largest absolute Gasteiger partial charge is 0.398 e. The molecule has 2 aromatic rings. The van der Waals surface area contributed by atoms with Crippen molar-refractivity contribution in [3.05, 3.63) is 65.5 Å². The van der Waals surface area contributed by atoms with Gasteiger partial charge in [0, 0.05) is 17.8 Å². The summed E-state index contributed by atoms with van der Waals surface area (Å²) in [7, 11) is 0. The van der Waals surface area contributed by atoms with E-state index in [1.54, 1.807) is 18.2 Å². The lowest BCUT2D eigenvalue weighted by Crippen LogP contribution is -2.16. The molecule has 19 heavy (non-hydrogen) atoms. The lowest BCUT2D eigenvalue weighted by Gasteiger charge is -2.04. The minimum atomic E-state index is -0.233. The van der Waals surface area contributed by atoms with E-state index in [1.165, 1.54) is 12.1 Å². The molecule has 0 aliphatic carbocycles. The van der Waals surface area contributed by atoms with Crippen molar-refractivity contribution in [3.8, 4) is 0 Å². The highest BCUT2D eigenvalue weighted by Crippen LogP contribution is 2.10. The molecule has 2 rings (SSSR count). The van der Waals surface area contributed by atoms with Crippen molar-refractivity contribution in [1.82, 2.24) is 0 Å². The molecule has 4 N–H and O–H groups in total. The molecule has 0 aromatic heterocycles. The van der Waals surface area contributed by atoms with Crippen molar-refractivity contribution in [2.45, 2.75) is 6.42 Å². The van der Waals surface area contributed by atoms with E-state index >= 15 is 0 Å². The maximum Gasteiger partial charge on any atom is 0.127 e. The van der Waals surface area contributed by atoms with E-state index in [0.717, 1.165) is 11.1 Å². The zero-order valence-corrected chi connectivity index (χ0v) is 10.5. The van der Waals surface area contributed by atoms with E-state index in [1.807, 2.05) is 18.2 Å². The van der Waals surface area contributed by atoms with Gasteiger partial charge in [0.15, 0.2) is 0 Å². The quantitative estimate of drug-likeness (QED) is 0.501. The Kier molecular flexibility index (Phi) is 4.13. The molecule has 0 amide bonds. The Morgan fingerprint density at radius 3 is 2.42 bits per heavy atom. The normalized spacial score (nSPS) is 11.5. The lowest BCUT2D eigenvalue weighted by molar-refractivity contribution is 0.627. The van der Waals surface area contributed by atoms with E-state index in [4.69, 9.17) is 11.5 Å². The molecule has 0 unspecified atom stereocenters. The van der Waals surface area contributed by atoms with Gasteiger partial charge in [-0.05, 0) is 36.2 Å². The highest BCUT2D eigenvalue weighted by atomic mass is 19.1. The maximum atomic E-state index is 12.7. The van der Waals surface area contributed by atoms with Crippen LogP contribution >= 0.6 is 0 Å². The van der Waals surface area contributed by atoms with Crippen LogP contribution in [0, 0.1) is 5.82 Å². The number of amidine groups is 1. The minimum absolute atomic E-state index is 0.233. The van der Waals surface area contributed by atoms with Crippen molar-refractivity contribution in [2.24, 2.45) is 10.7 Å². The van der Waals surface area contributed by atoms with E-state index < -0.39 is 0 Å². The highest BCUT2D eigenvalue weighted by molar-refractivity contribution is 6.01. The summed E-state index contributed by atoms with van der Waals surface area (Å²) in [6.45, 7) is 0.547. The standard InChI is InChI=1S/C15H16FN3/c16-12-7-5-11(6-8-12)9-10-19-15(18)13-3-1-2-4-14(13)17/h1-8H,9-10,17H2,(H2,18,19). The topological polar surface area (TPSA) is 64.4 Å². The molecule has 4 heteroatoms. The number of nitrogen functional groups attached to an aromatic ring is 1. The molecule has 0 heterocycles. The summed E-state index contributed by atoms with van der Waals surface area (Å²) >= 11 is 0. The average molecular weight is 257 g/mol. The summed E-state index contributed by atoms with van der Waals surface area (Å²) in [5, 5.41) is 0. The summed E-state index contributed by atoms with van der Waals surface area (Å²) in [5.41, 5.74) is 14.1. The third-order valence-corrected chi connectivity index (χ3v) is 2.83. The Labute approximate surface area is 111 Å². The third kappa shape index (κ3) is 3.55. The molecule has 2 aromatic carbocycles. The number of benzene rings is 2. The number of anilines is 1. The van der Waals surface area contributed by atoms with Crippen molar-refractivity contribution >= 4 is 11.5 Å². The fraction of sp³-hybridized carbons (Fsp3) is 0.133. The predicted octanol–water partition coefficient (Wildman–Crippen LogP) is 2.36. The second kappa shape index (κ2) is 6.00. The van der Waals surface area contributed by atoms with Crippen LogP contribution in [0.15, 0.2) is 53.5 Å². The van der Waals surface area contributed by atoms with Crippen LogP contribution in [0.25, 0.3) is 0 Å². The second-order valence-corrected chi connectivity index (χ2v) is 4.23. The van der Waals surface area contributed by atoms with Crippen molar-refractivity contribution < 1.29 is 4.39 Å². The van der Waals surface area contributed by atoms with Crippen molar-refractivity contribution in [3.63, 3.8) is 0 Å². The van der Waals surface area contributed by atoms with Crippen LogP contribution in [-0.2, 0) is 6.42 Å². The van der Waals surface area contributed by atoms with Crippen molar-refractivity contribution in [1.29, 1.82) is 0 Å². The zero-order valence-electron chi connectivity index (χ0n) is 10.5. The average Bonchev–Trinajstić information content (AvgIpc) is 2.41. The Balaban J connectivity index is 1.99. The van der Waals surface area contributed by atoms with Gasteiger partial charge in [0.1, 0.15) is 11.7 Å². The number of halogens is 1. The first-order valence-electron chi connectivity index (χ1n) is 6.06. The Bertz CT molecular complexity index is 576. The Hall–Kier alpha value is -2.36. The summed E-state index contributed by atoms with van der Waals surface area (Å²) < 4.78 is 12.7. The molecule has 0 saturated heterocycles. The van der Waals surface area contributed by atoms with E-state index in [0.29, 0.717) is 24.5 Å². The number of hydrogen-bond acceptors (Lipinski definition) is 2. The molecular formula is C15H16FN3. The number of nitrogens with two attached hydrogens (primary N) is 2. The third-order valence-electron chi connectivity index (χ3n) is 2.83. The van der Waals surface area contributed by atoms with Gasteiger partial charge in [-0.25, -0.2) is 4.39 Å². The summed E-state index contributed by atoms with van der Waals surface area (Å²) in [6.07, 6.45) is 0.716. The van der Waals surface area contributed by atoms with Crippen LogP contribution in [-0.4, -0.2) is 12.4 Å². The monoisotopic (exact) mass is 257 g/mol. The van der Waals surface area contributed by atoms with Gasteiger partial charge in [0.05, 0.1) is 0 Å². The number of hydrogen-bond donors (Lipinski definition) is 2. The molecule has 0 radical (unpaired) electrons. The van der Waals surface area contributed by atoms with E-state index in [9.17, 15) is 4.39 Å². The van der Waals surface area contributed by atoms with E-state index in [-0.39, 0.29) is 5.82 Å². The van der Waals surface area contributed by atoms with Gasteiger partial charge >= 0.3 is 0 Å². The highest BCUT2D eigenvalue weighted by Gasteiger charge is 2.01. The smallest absolute Gasteiger partial charge is 0.127 e. The van der Waals surface area contributed by atoms with Crippen LogP contribution in [0.2, 0.25) is 0 Å². The second-order valence-electron chi connectivity index (χ2n) is 4.23. The molecule has 0 aliphatic rings. The van der Waals surface area contributed by atoms with Crippen LogP contribution in [0.1, 0.15) is 11.1 Å². The fourth-order valence-corrected chi connectivity index (χ4v) is 1.77. The summed E-state index contributed by atoms with van der Waals surface area (Å²) in [6, 6.07) is 13.7. The minimum Gasteiger partial charge on any atom is -0.398 e. The van der Waals surface area contributed by atoms with Gasteiger partial charge in [0.25, 0.3) is 0 Å². The molecule has 0 saturated carbocycles. The molecule has 98 valence electrons. The first kappa shape index (κ1) is 13.1. The van der Waals surface area contributed by atoms with Gasteiger partial charge in [-0.2, -0.15) is 0 Å². The maximum absolute atomic E-state index is 12.7. The van der Waals surface area contributed by atoms with Gasteiger partial charge in [0.2, 0.25) is 0 Å². The SMILES string of the molecule is NC(=NCCc1ccc(F)cc1)c1ccccc1N. The van der Waals surface area contributed by atoms with Gasteiger partial charge in [-0.1, -0.05) is 24.3 Å². The number of nitrogens with zero attached hydrogens (tertiary/aromatic N) is 1. The summed E-state index contributed by atoms with van der Waals surface area (Å²) in [5.74, 6) is 0.198. The number of rotatable bonds is 4. The van der Waals surface area contributed by atoms with Gasteiger partial charge < -0.3 is 11.5 Å². The molecule has 0 aliphatic heterocycles. The zero-order chi connectivity index (χ0) is 13.7. The molecule has 3 nitrogen and oxygen atoms in total. The Morgan fingerprint density at radius 1 is 1.05 bits per heavy atom. The molecule has 0 fully saturated rings. The van der Waals surface area contributed by atoms with Crippen LogP contribution < -0.4 is 11.5 Å². The Morgan fingerprint density at radius 2 is 1.74 bits per heavy atom. The van der Waals surface area contributed by atoms with Gasteiger partial charge in [-0.3, -0.25) is 4.99 Å². The van der Waals surface area contributed by atoms with Gasteiger partial charge in [-0.15, -0.1) is 0 Å². The number of para-hydroxylation sites is 1. The summed E-state index contributed by atoms with van der Waals surface area (Å²) in [4.78, 5) is 4.29. The molecule has 0 atom stereocenters. The first-order chi connectivity index (χ1) is 9.16. The predicted molar refractivity (Wildman–Crippen MR) is 76.5 cm³/mol. The molecule has 0 bridgehead atoms. The van der Waals surface area contributed by atoms with Crippen LogP contribution in [0.5, 0.6) is 0 Å². The molecular weight excluding hydrogens is 241 g/mol. The lowest BCUT2D eigenvalue weighted by atomic mass is 10.1. The molecule has 0 spiro atoms. The fourth-order valence-electron chi connectivity index (χ4n) is 1.77. The van der Waals surface area contributed by atoms with Crippen LogP contribution in [0.3, 0.4) is 0 Å². The van der Waals surface area contributed by atoms with Crippen LogP contribution in [0.4, 0.5) is 10.1 Å². The van der Waals surface area contributed by atoms with Crippen molar-refractivity contribution in [2.75, 3.05) is 12.3 Å². The van der Waals surface area contributed by atoms with E-state index in [2.05, 4.69) is 4.99 Å². The first-order valence-corrected chi connectivity index (χ1v) is 6.06.